The van der Waals surface area contributed by atoms with Crippen LogP contribution in [-0.2, 0) is 21.0 Å². The molecule has 3 rings (SSSR count). The minimum atomic E-state index is -4.46. The third kappa shape index (κ3) is 6.48. The van der Waals surface area contributed by atoms with Crippen molar-refractivity contribution in [2.45, 2.75) is 24.9 Å². The lowest BCUT2D eigenvalue weighted by Gasteiger charge is -2.13. The third-order valence-electron chi connectivity index (χ3n) is 4.62. The van der Waals surface area contributed by atoms with Gasteiger partial charge in [-0.3, -0.25) is 9.52 Å². The zero-order valence-electron chi connectivity index (χ0n) is 17.7. The monoisotopic (exact) mass is 478 g/mol. The molecule has 0 radical (unpaired) electrons. The molecule has 33 heavy (non-hydrogen) atoms. The van der Waals surface area contributed by atoms with E-state index >= 15 is 0 Å². The Morgan fingerprint density at radius 2 is 1.52 bits per heavy atom. The number of carbonyl (C=O) groups excluding carboxylic acids is 1. The standard InChI is InChI=1S/C23H21F3N2O4S/c1-15-3-7-19(8-4-15)28-33(30,31)20-11-12-21(16(2)13-20)32-14-22(29)27-18-9-5-17(6-10-18)23(24,25)26/h3-13,28H,14H2,1-2H3,(H,27,29). The largest absolute Gasteiger partial charge is 0.483 e. The molecule has 10 heteroatoms. The van der Waals surface area contributed by atoms with Gasteiger partial charge >= 0.3 is 6.18 Å². The van der Waals surface area contributed by atoms with Crippen LogP contribution in [0, 0.1) is 13.8 Å². The first-order valence-corrected chi connectivity index (χ1v) is 11.2. The number of halogens is 3. The topological polar surface area (TPSA) is 84.5 Å². The minimum absolute atomic E-state index is 0.0298. The van der Waals surface area contributed by atoms with Gasteiger partial charge in [0.15, 0.2) is 6.61 Å². The molecule has 0 saturated carbocycles. The summed E-state index contributed by atoms with van der Waals surface area (Å²) in [6.07, 6.45) is -4.46. The SMILES string of the molecule is Cc1ccc(NS(=O)(=O)c2ccc(OCC(=O)Nc3ccc(C(F)(F)F)cc3)c(C)c2)cc1. The first-order valence-electron chi connectivity index (χ1n) is 9.74. The first kappa shape index (κ1) is 24.1. The summed E-state index contributed by atoms with van der Waals surface area (Å²) in [5, 5.41) is 2.44. The van der Waals surface area contributed by atoms with Gasteiger partial charge in [-0.2, -0.15) is 13.2 Å². The molecule has 0 aromatic heterocycles. The average molecular weight is 478 g/mol. The maximum Gasteiger partial charge on any atom is 0.416 e. The number of amides is 1. The van der Waals surface area contributed by atoms with Gasteiger partial charge in [-0.25, -0.2) is 8.42 Å². The molecule has 2 N–H and O–H groups in total. The molecule has 0 unspecified atom stereocenters. The Bertz CT molecular complexity index is 1240. The molecule has 0 spiro atoms. The number of ether oxygens (including phenoxy) is 1. The maximum atomic E-state index is 12.6. The van der Waals surface area contributed by atoms with Crippen molar-refractivity contribution in [2.24, 2.45) is 0 Å². The van der Waals surface area contributed by atoms with Crippen LogP contribution in [0.25, 0.3) is 0 Å². The van der Waals surface area contributed by atoms with E-state index in [4.69, 9.17) is 4.74 Å². The Hall–Kier alpha value is -3.53. The van der Waals surface area contributed by atoms with Crippen LogP contribution in [0.2, 0.25) is 0 Å². The maximum absolute atomic E-state index is 12.6. The number of alkyl halides is 3. The van der Waals surface area contributed by atoms with Crippen LogP contribution in [0.15, 0.2) is 71.6 Å². The molecule has 0 bridgehead atoms. The summed E-state index contributed by atoms with van der Waals surface area (Å²) in [4.78, 5) is 12.1. The Morgan fingerprint density at radius 3 is 2.09 bits per heavy atom. The molecule has 0 aliphatic rings. The second-order valence-corrected chi connectivity index (χ2v) is 8.99. The zero-order valence-corrected chi connectivity index (χ0v) is 18.5. The van der Waals surface area contributed by atoms with Gasteiger partial charge in [0.1, 0.15) is 5.75 Å². The number of rotatable bonds is 7. The molecule has 0 atom stereocenters. The first-order chi connectivity index (χ1) is 15.4. The lowest BCUT2D eigenvalue weighted by Crippen LogP contribution is -2.20. The quantitative estimate of drug-likeness (QED) is 0.493. The van der Waals surface area contributed by atoms with Crippen LogP contribution in [0.4, 0.5) is 24.5 Å². The Kier molecular flexibility index (Phi) is 6.97. The predicted octanol–water partition coefficient (Wildman–Crippen LogP) is 5.14. The smallest absolute Gasteiger partial charge is 0.416 e. The van der Waals surface area contributed by atoms with Crippen LogP contribution >= 0.6 is 0 Å². The van der Waals surface area contributed by atoms with Crippen molar-refractivity contribution in [1.82, 2.24) is 0 Å². The van der Waals surface area contributed by atoms with Crippen LogP contribution in [0.5, 0.6) is 5.75 Å². The molecular weight excluding hydrogens is 457 g/mol. The number of nitrogens with one attached hydrogen (secondary N) is 2. The van der Waals surface area contributed by atoms with Crippen LogP contribution in [-0.4, -0.2) is 20.9 Å². The molecule has 0 fully saturated rings. The Labute approximate surface area is 189 Å². The van der Waals surface area contributed by atoms with E-state index in [9.17, 15) is 26.4 Å². The van der Waals surface area contributed by atoms with Crippen molar-refractivity contribution in [3.63, 3.8) is 0 Å². The summed E-state index contributed by atoms with van der Waals surface area (Å²) < 4.78 is 71.0. The lowest BCUT2D eigenvalue weighted by atomic mass is 10.2. The molecule has 3 aromatic carbocycles. The van der Waals surface area contributed by atoms with E-state index in [-0.39, 0.29) is 10.6 Å². The van der Waals surface area contributed by atoms with Crippen molar-refractivity contribution in [3.05, 3.63) is 83.4 Å². The highest BCUT2D eigenvalue weighted by molar-refractivity contribution is 7.92. The Morgan fingerprint density at radius 1 is 0.909 bits per heavy atom. The van der Waals surface area contributed by atoms with Gasteiger partial charge in [0.2, 0.25) is 0 Å². The molecular formula is C23H21F3N2O4S. The van der Waals surface area contributed by atoms with Gasteiger partial charge in [-0.1, -0.05) is 17.7 Å². The van der Waals surface area contributed by atoms with Crippen molar-refractivity contribution in [3.8, 4) is 5.75 Å². The highest BCUT2D eigenvalue weighted by Gasteiger charge is 2.30. The highest BCUT2D eigenvalue weighted by Crippen LogP contribution is 2.30. The molecule has 1 amide bonds. The molecule has 0 heterocycles. The van der Waals surface area contributed by atoms with Gasteiger partial charge < -0.3 is 10.1 Å². The summed E-state index contributed by atoms with van der Waals surface area (Å²) in [6, 6.07) is 15.1. The lowest BCUT2D eigenvalue weighted by molar-refractivity contribution is -0.137. The number of sulfonamides is 1. The number of hydrogen-bond acceptors (Lipinski definition) is 4. The van der Waals surface area contributed by atoms with E-state index < -0.39 is 34.3 Å². The normalized spacial score (nSPS) is 11.7. The number of carbonyl (C=O) groups is 1. The second kappa shape index (κ2) is 9.53. The fraction of sp³-hybridized carbons (Fsp3) is 0.174. The fourth-order valence-corrected chi connectivity index (χ4v) is 4.01. The third-order valence-corrected chi connectivity index (χ3v) is 5.99. The fourth-order valence-electron chi connectivity index (χ4n) is 2.87. The summed E-state index contributed by atoms with van der Waals surface area (Å²) in [6.45, 7) is 3.12. The van der Waals surface area contributed by atoms with Crippen molar-refractivity contribution >= 4 is 27.3 Å². The predicted molar refractivity (Wildman–Crippen MR) is 119 cm³/mol. The number of anilines is 2. The zero-order chi connectivity index (χ0) is 24.2. The van der Waals surface area contributed by atoms with Crippen molar-refractivity contribution in [1.29, 1.82) is 0 Å². The molecule has 6 nitrogen and oxygen atoms in total. The average Bonchev–Trinajstić information content (AvgIpc) is 2.74. The molecule has 174 valence electrons. The highest BCUT2D eigenvalue weighted by atomic mass is 32.2. The van der Waals surface area contributed by atoms with E-state index in [1.165, 1.54) is 18.2 Å². The van der Waals surface area contributed by atoms with Crippen molar-refractivity contribution < 1.29 is 31.1 Å². The Balaban J connectivity index is 1.60. The van der Waals surface area contributed by atoms with Crippen LogP contribution < -0.4 is 14.8 Å². The van der Waals surface area contributed by atoms with Crippen LogP contribution in [0.1, 0.15) is 16.7 Å². The molecule has 3 aromatic rings. The van der Waals surface area contributed by atoms with Gasteiger partial charge in [0.25, 0.3) is 15.9 Å². The van der Waals surface area contributed by atoms with Gasteiger partial charge in [-0.15, -0.1) is 0 Å². The molecule has 0 saturated heterocycles. The minimum Gasteiger partial charge on any atom is -0.483 e. The van der Waals surface area contributed by atoms with E-state index in [1.54, 1.807) is 31.2 Å². The second-order valence-electron chi connectivity index (χ2n) is 7.31. The summed E-state index contributed by atoms with van der Waals surface area (Å²) in [7, 11) is -3.82. The van der Waals surface area contributed by atoms with Gasteiger partial charge in [0.05, 0.1) is 10.5 Å². The number of aryl methyl sites for hydroxylation is 2. The van der Waals surface area contributed by atoms with Crippen molar-refractivity contribution in [2.75, 3.05) is 16.6 Å². The van der Waals surface area contributed by atoms with Gasteiger partial charge in [-0.05, 0) is 74.0 Å². The molecule has 0 aliphatic carbocycles. The number of benzene rings is 3. The van der Waals surface area contributed by atoms with Crippen LogP contribution in [0.3, 0.4) is 0 Å². The summed E-state index contributed by atoms with van der Waals surface area (Å²) in [5.74, 6) is -0.279. The van der Waals surface area contributed by atoms with E-state index in [0.717, 1.165) is 29.8 Å². The summed E-state index contributed by atoms with van der Waals surface area (Å²) in [5.41, 5.74) is 1.29. The van der Waals surface area contributed by atoms with Gasteiger partial charge in [0, 0.05) is 11.4 Å². The summed E-state index contributed by atoms with van der Waals surface area (Å²) >= 11 is 0. The number of hydrogen-bond donors (Lipinski definition) is 2. The molecule has 0 aliphatic heterocycles. The van der Waals surface area contributed by atoms with E-state index in [1.807, 2.05) is 6.92 Å². The van der Waals surface area contributed by atoms with E-state index in [0.29, 0.717) is 17.0 Å². The van der Waals surface area contributed by atoms with E-state index in [2.05, 4.69) is 10.0 Å².